The lowest BCUT2D eigenvalue weighted by molar-refractivity contribution is 1.12. The van der Waals surface area contributed by atoms with Crippen LogP contribution in [-0.2, 0) is 0 Å². The van der Waals surface area contributed by atoms with Crippen LogP contribution in [0.2, 0.25) is 5.15 Å². The molecule has 0 fully saturated rings. The lowest BCUT2D eigenvalue weighted by Gasteiger charge is -2.05. The molecule has 0 spiro atoms. The van der Waals surface area contributed by atoms with E-state index < -0.39 is 0 Å². The molecule has 0 saturated carbocycles. The van der Waals surface area contributed by atoms with Crippen LogP contribution in [0, 0.1) is 18.3 Å². The van der Waals surface area contributed by atoms with Crippen molar-refractivity contribution in [1.82, 2.24) is 15.2 Å². The zero-order valence-corrected chi connectivity index (χ0v) is 11.2. The van der Waals surface area contributed by atoms with Crippen LogP contribution in [0.15, 0.2) is 29.1 Å². The van der Waals surface area contributed by atoms with Crippen molar-refractivity contribution >= 4 is 22.5 Å². The smallest absolute Gasteiger partial charge is 0.266 e. The van der Waals surface area contributed by atoms with Gasteiger partial charge in [-0.15, -0.1) is 0 Å². The minimum Gasteiger partial charge on any atom is -0.325 e. The van der Waals surface area contributed by atoms with Crippen LogP contribution in [0.5, 0.6) is 0 Å². The molecule has 5 nitrogen and oxygen atoms in total. The average molecular weight is 285 g/mol. The van der Waals surface area contributed by atoms with Gasteiger partial charge in [0.05, 0.1) is 5.52 Å². The van der Waals surface area contributed by atoms with E-state index in [4.69, 9.17) is 16.9 Å². The molecule has 2 heterocycles. The van der Waals surface area contributed by atoms with E-state index in [2.05, 4.69) is 15.2 Å². The zero-order valence-electron chi connectivity index (χ0n) is 10.5. The summed E-state index contributed by atoms with van der Waals surface area (Å²) in [7, 11) is 0. The second-order valence-corrected chi connectivity index (χ2v) is 4.83. The van der Waals surface area contributed by atoms with Crippen LogP contribution in [0.4, 0.5) is 0 Å². The summed E-state index contributed by atoms with van der Waals surface area (Å²) < 4.78 is 0. The van der Waals surface area contributed by atoms with E-state index in [1.165, 1.54) is 0 Å². The maximum absolute atomic E-state index is 11.8. The van der Waals surface area contributed by atoms with Gasteiger partial charge >= 0.3 is 0 Å². The second-order valence-electron chi connectivity index (χ2n) is 4.45. The first kappa shape index (κ1) is 12.5. The number of aryl methyl sites for hydroxylation is 1. The maximum Gasteiger partial charge on any atom is 0.266 e. The second kappa shape index (κ2) is 4.51. The van der Waals surface area contributed by atoms with Crippen molar-refractivity contribution in [3.8, 4) is 17.2 Å². The highest BCUT2D eigenvalue weighted by molar-refractivity contribution is 6.34. The van der Waals surface area contributed by atoms with Crippen LogP contribution in [-0.4, -0.2) is 15.2 Å². The number of rotatable bonds is 1. The molecule has 2 aromatic heterocycles. The van der Waals surface area contributed by atoms with E-state index in [0.29, 0.717) is 16.4 Å². The van der Waals surface area contributed by atoms with Crippen LogP contribution in [0.3, 0.4) is 0 Å². The molecule has 0 saturated heterocycles. The van der Waals surface area contributed by atoms with Crippen molar-refractivity contribution in [1.29, 1.82) is 5.26 Å². The molecule has 1 aromatic carbocycles. The van der Waals surface area contributed by atoms with Gasteiger partial charge in [-0.1, -0.05) is 17.7 Å². The quantitative estimate of drug-likeness (QED) is 0.720. The predicted octanol–water partition coefficient (Wildman–Crippen LogP) is 2.75. The van der Waals surface area contributed by atoms with Gasteiger partial charge < -0.3 is 4.98 Å². The van der Waals surface area contributed by atoms with E-state index >= 15 is 0 Å². The molecule has 0 amide bonds. The topological polar surface area (TPSA) is 85.3 Å². The highest BCUT2D eigenvalue weighted by atomic mass is 35.5. The number of nitriles is 1. The monoisotopic (exact) mass is 284 g/mol. The molecule has 0 unspecified atom stereocenters. The van der Waals surface area contributed by atoms with Crippen molar-refractivity contribution in [2.45, 2.75) is 6.92 Å². The third kappa shape index (κ3) is 1.87. The Hall–Kier alpha value is -2.58. The Morgan fingerprint density at radius 2 is 2.15 bits per heavy atom. The van der Waals surface area contributed by atoms with Gasteiger partial charge in [0.25, 0.3) is 5.56 Å². The molecule has 3 aromatic rings. The Labute approximate surface area is 118 Å². The molecule has 0 bridgehead atoms. The molecule has 6 heteroatoms. The summed E-state index contributed by atoms with van der Waals surface area (Å²) in [6.07, 6.45) is 0. The molecule has 3 rings (SSSR count). The third-order valence-corrected chi connectivity index (χ3v) is 3.39. The fraction of sp³-hybridized carbons (Fsp3) is 0.0714. The number of benzene rings is 1. The SMILES string of the molecule is Cc1cc(-c2ccc3n[nH]c(Cl)c3c2)c(C#N)c(=O)[nH]1. The molecule has 2 N–H and O–H groups in total. The number of hydrogen-bond acceptors (Lipinski definition) is 3. The van der Waals surface area contributed by atoms with Gasteiger partial charge in [0.2, 0.25) is 0 Å². The highest BCUT2D eigenvalue weighted by Gasteiger charge is 2.12. The standard InChI is InChI=1S/C14H9ClN4O/c1-7-4-9(11(6-16)14(20)17-7)8-2-3-12-10(5-8)13(15)19-18-12/h2-5H,1H3,(H,17,20)(H,18,19). The summed E-state index contributed by atoms with van der Waals surface area (Å²) in [5.74, 6) is 0. The van der Waals surface area contributed by atoms with Gasteiger partial charge in [0.1, 0.15) is 16.8 Å². The van der Waals surface area contributed by atoms with Crippen molar-refractivity contribution in [2.24, 2.45) is 0 Å². The Morgan fingerprint density at radius 1 is 1.35 bits per heavy atom. The van der Waals surface area contributed by atoms with E-state index in [1.54, 1.807) is 19.1 Å². The number of fused-ring (bicyclic) bond motifs is 1. The van der Waals surface area contributed by atoms with Crippen molar-refractivity contribution in [3.63, 3.8) is 0 Å². The molecule has 20 heavy (non-hydrogen) atoms. The van der Waals surface area contributed by atoms with Crippen LogP contribution >= 0.6 is 11.6 Å². The largest absolute Gasteiger partial charge is 0.325 e. The molecule has 0 aliphatic heterocycles. The van der Waals surface area contributed by atoms with Crippen molar-refractivity contribution in [2.75, 3.05) is 0 Å². The van der Waals surface area contributed by atoms with E-state index in [-0.39, 0.29) is 11.1 Å². The average Bonchev–Trinajstić information content (AvgIpc) is 2.79. The van der Waals surface area contributed by atoms with Gasteiger partial charge in [0.15, 0.2) is 0 Å². The fourth-order valence-electron chi connectivity index (χ4n) is 2.17. The first-order chi connectivity index (χ1) is 9.60. The van der Waals surface area contributed by atoms with Crippen LogP contribution < -0.4 is 5.56 Å². The lowest BCUT2D eigenvalue weighted by atomic mass is 10.00. The van der Waals surface area contributed by atoms with Gasteiger partial charge in [-0.2, -0.15) is 10.4 Å². The molecule has 98 valence electrons. The minimum atomic E-state index is -0.388. The molecule has 0 aliphatic rings. The number of hydrogen-bond donors (Lipinski definition) is 2. The number of pyridine rings is 1. The zero-order chi connectivity index (χ0) is 14.3. The Balaban J connectivity index is 2.33. The summed E-state index contributed by atoms with van der Waals surface area (Å²) in [6.45, 7) is 1.77. The van der Waals surface area contributed by atoms with Crippen LogP contribution in [0.1, 0.15) is 11.3 Å². The number of nitrogens with zero attached hydrogens (tertiary/aromatic N) is 2. The normalized spacial score (nSPS) is 10.7. The Morgan fingerprint density at radius 3 is 2.90 bits per heavy atom. The summed E-state index contributed by atoms with van der Waals surface area (Å²) in [6, 6.07) is 9.14. The van der Waals surface area contributed by atoms with Crippen molar-refractivity contribution in [3.05, 3.63) is 51.0 Å². The number of aromatic amines is 2. The van der Waals surface area contributed by atoms with E-state index in [9.17, 15) is 4.79 Å². The molecular weight excluding hydrogens is 276 g/mol. The number of H-pyrrole nitrogens is 2. The number of halogens is 1. The number of aromatic nitrogens is 3. The minimum absolute atomic E-state index is 0.0922. The van der Waals surface area contributed by atoms with Gasteiger partial charge in [-0.25, -0.2) is 0 Å². The molecule has 0 radical (unpaired) electrons. The molecular formula is C14H9ClN4O. The first-order valence-corrected chi connectivity index (χ1v) is 6.26. The predicted molar refractivity (Wildman–Crippen MR) is 76.6 cm³/mol. The Bertz CT molecular complexity index is 917. The first-order valence-electron chi connectivity index (χ1n) is 5.88. The maximum atomic E-state index is 11.8. The number of nitrogens with one attached hydrogen (secondary N) is 2. The third-order valence-electron chi connectivity index (χ3n) is 3.10. The van der Waals surface area contributed by atoms with E-state index in [0.717, 1.165) is 16.5 Å². The van der Waals surface area contributed by atoms with Gasteiger partial charge in [-0.05, 0) is 30.7 Å². The van der Waals surface area contributed by atoms with E-state index in [1.807, 2.05) is 18.2 Å². The van der Waals surface area contributed by atoms with Crippen LogP contribution in [0.25, 0.3) is 22.0 Å². The van der Waals surface area contributed by atoms with Gasteiger partial charge in [0, 0.05) is 16.6 Å². The Kier molecular flexibility index (Phi) is 2.81. The molecule has 0 aliphatic carbocycles. The lowest BCUT2D eigenvalue weighted by Crippen LogP contribution is -2.12. The van der Waals surface area contributed by atoms with Crippen molar-refractivity contribution < 1.29 is 0 Å². The molecule has 0 atom stereocenters. The summed E-state index contributed by atoms with van der Waals surface area (Å²) in [4.78, 5) is 14.4. The highest BCUT2D eigenvalue weighted by Crippen LogP contribution is 2.28. The summed E-state index contributed by atoms with van der Waals surface area (Å²) in [5, 5.41) is 17.1. The fourth-order valence-corrected chi connectivity index (χ4v) is 2.37. The van der Waals surface area contributed by atoms with Gasteiger partial charge in [-0.3, -0.25) is 9.89 Å². The summed E-state index contributed by atoms with van der Waals surface area (Å²) >= 11 is 6.02. The summed E-state index contributed by atoms with van der Waals surface area (Å²) in [5.41, 5.74) is 2.48.